The standard InChI is InChI=1S/C15H18N4O2S/c1-9-3-4-11(10(7-9)14(20)17-2)19-15(21)12-8-22-13(18-12)5-6-16/h3-4,7-8H,5-6,16H2,1-2H3,(H,17,20)(H,19,21). The van der Waals surface area contributed by atoms with Gasteiger partial charge in [-0.1, -0.05) is 11.6 Å². The van der Waals surface area contributed by atoms with Gasteiger partial charge in [0.2, 0.25) is 0 Å². The van der Waals surface area contributed by atoms with E-state index < -0.39 is 0 Å². The van der Waals surface area contributed by atoms with Crippen molar-refractivity contribution in [2.24, 2.45) is 5.73 Å². The lowest BCUT2D eigenvalue weighted by molar-refractivity contribution is 0.0964. The lowest BCUT2D eigenvalue weighted by Gasteiger charge is -2.10. The molecule has 1 aromatic heterocycles. The third-order valence-electron chi connectivity index (χ3n) is 3.04. The highest BCUT2D eigenvalue weighted by Gasteiger charge is 2.15. The van der Waals surface area contributed by atoms with Crippen LogP contribution in [-0.4, -0.2) is 30.4 Å². The molecule has 0 spiro atoms. The largest absolute Gasteiger partial charge is 0.355 e. The van der Waals surface area contributed by atoms with Crippen LogP contribution < -0.4 is 16.4 Å². The van der Waals surface area contributed by atoms with Crippen LogP contribution >= 0.6 is 11.3 Å². The minimum atomic E-state index is -0.339. The molecule has 0 bridgehead atoms. The summed E-state index contributed by atoms with van der Waals surface area (Å²) in [6, 6.07) is 5.28. The van der Waals surface area contributed by atoms with Crippen molar-refractivity contribution in [1.29, 1.82) is 0 Å². The number of carbonyl (C=O) groups is 2. The third-order valence-corrected chi connectivity index (χ3v) is 3.95. The number of anilines is 1. The first-order valence-corrected chi connectivity index (χ1v) is 7.71. The molecule has 2 amide bonds. The predicted molar refractivity (Wildman–Crippen MR) is 87.4 cm³/mol. The van der Waals surface area contributed by atoms with Gasteiger partial charge >= 0.3 is 0 Å². The molecule has 0 aliphatic heterocycles. The summed E-state index contributed by atoms with van der Waals surface area (Å²) >= 11 is 1.40. The Hall–Kier alpha value is -2.25. The number of carbonyl (C=O) groups excluding carboxylic acids is 2. The maximum absolute atomic E-state index is 12.2. The lowest BCUT2D eigenvalue weighted by Crippen LogP contribution is -2.22. The Balaban J connectivity index is 2.22. The fraction of sp³-hybridized carbons (Fsp3) is 0.267. The summed E-state index contributed by atoms with van der Waals surface area (Å²) in [5.74, 6) is -0.588. The molecule has 4 N–H and O–H groups in total. The van der Waals surface area contributed by atoms with Gasteiger partial charge in [0.05, 0.1) is 16.3 Å². The van der Waals surface area contributed by atoms with E-state index in [-0.39, 0.29) is 11.8 Å². The SMILES string of the molecule is CNC(=O)c1cc(C)ccc1NC(=O)c1csc(CCN)n1. The zero-order valence-corrected chi connectivity index (χ0v) is 13.3. The van der Waals surface area contributed by atoms with E-state index in [1.165, 1.54) is 11.3 Å². The minimum absolute atomic E-state index is 0.249. The first-order chi connectivity index (χ1) is 10.5. The van der Waals surface area contributed by atoms with Gasteiger partial charge in [0.25, 0.3) is 11.8 Å². The number of thiazole rings is 1. The molecule has 22 heavy (non-hydrogen) atoms. The fourth-order valence-corrected chi connectivity index (χ4v) is 2.72. The van der Waals surface area contributed by atoms with Crippen LogP contribution in [0.4, 0.5) is 5.69 Å². The summed E-state index contributed by atoms with van der Waals surface area (Å²) in [6.45, 7) is 2.38. The number of nitrogens with zero attached hydrogens (tertiary/aromatic N) is 1. The second-order valence-corrected chi connectivity index (χ2v) is 5.69. The fourth-order valence-electron chi connectivity index (χ4n) is 1.93. The Morgan fingerprint density at radius 3 is 2.77 bits per heavy atom. The van der Waals surface area contributed by atoms with Crippen LogP contribution in [0.5, 0.6) is 0 Å². The average Bonchev–Trinajstić information content (AvgIpc) is 2.97. The van der Waals surface area contributed by atoms with Crippen molar-refractivity contribution in [2.45, 2.75) is 13.3 Å². The van der Waals surface area contributed by atoms with Gasteiger partial charge in [-0.15, -0.1) is 11.3 Å². The summed E-state index contributed by atoms with van der Waals surface area (Å²) in [5, 5.41) is 7.81. The summed E-state index contributed by atoms with van der Waals surface area (Å²) in [4.78, 5) is 28.4. The molecule has 0 unspecified atom stereocenters. The molecule has 0 atom stereocenters. The van der Waals surface area contributed by atoms with Crippen molar-refractivity contribution >= 4 is 28.8 Å². The van der Waals surface area contributed by atoms with Crippen LogP contribution in [0.15, 0.2) is 23.6 Å². The highest BCUT2D eigenvalue weighted by Crippen LogP contribution is 2.19. The van der Waals surface area contributed by atoms with Crippen molar-refractivity contribution in [1.82, 2.24) is 10.3 Å². The monoisotopic (exact) mass is 318 g/mol. The Labute approximate surface area is 132 Å². The number of benzene rings is 1. The van der Waals surface area contributed by atoms with Gasteiger partial charge in [-0.25, -0.2) is 4.98 Å². The van der Waals surface area contributed by atoms with Crippen molar-refractivity contribution < 1.29 is 9.59 Å². The molecule has 0 aliphatic rings. The summed E-state index contributed by atoms with van der Waals surface area (Å²) in [5.41, 5.74) is 7.63. The number of aryl methyl sites for hydroxylation is 1. The number of hydrogen-bond donors (Lipinski definition) is 3. The van der Waals surface area contributed by atoms with E-state index >= 15 is 0 Å². The third kappa shape index (κ3) is 3.69. The second kappa shape index (κ2) is 7.15. The molecular weight excluding hydrogens is 300 g/mol. The molecule has 0 fully saturated rings. The molecule has 2 rings (SSSR count). The van der Waals surface area contributed by atoms with E-state index in [0.717, 1.165) is 10.6 Å². The predicted octanol–water partition coefficient (Wildman–Crippen LogP) is 1.56. The first-order valence-electron chi connectivity index (χ1n) is 6.83. The van der Waals surface area contributed by atoms with Crippen molar-refractivity contribution in [3.63, 3.8) is 0 Å². The molecule has 2 aromatic rings. The second-order valence-electron chi connectivity index (χ2n) is 4.75. The highest BCUT2D eigenvalue weighted by atomic mass is 32.1. The number of nitrogens with two attached hydrogens (primary N) is 1. The lowest BCUT2D eigenvalue weighted by atomic mass is 10.1. The molecule has 6 nitrogen and oxygen atoms in total. The van der Waals surface area contributed by atoms with Gasteiger partial charge in [-0.3, -0.25) is 9.59 Å². The summed E-state index contributed by atoms with van der Waals surface area (Å²) < 4.78 is 0. The molecule has 116 valence electrons. The van der Waals surface area contributed by atoms with Crippen LogP contribution in [0.25, 0.3) is 0 Å². The van der Waals surface area contributed by atoms with Gasteiger partial charge in [0, 0.05) is 18.8 Å². The molecule has 0 radical (unpaired) electrons. The van der Waals surface area contributed by atoms with E-state index in [4.69, 9.17) is 5.73 Å². The Kier molecular flexibility index (Phi) is 5.24. The highest BCUT2D eigenvalue weighted by molar-refractivity contribution is 7.09. The molecule has 7 heteroatoms. The van der Waals surface area contributed by atoms with Gasteiger partial charge in [-0.2, -0.15) is 0 Å². The van der Waals surface area contributed by atoms with Crippen LogP contribution in [0.1, 0.15) is 31.4 Å². The maximum Gasteiger partial charge on any atom is 0.275 e. The Bertz CT molecular complexity index is 697. The van der Waals surface area contributed by atoms with Crippen LogP contribution in [0, 0.1) is 6.92 Å². The number of aromatic nitrogens is 1. The molecule has 1 aromatic carbocycles. The normalized spacial score (nSPS) is 10.3. The van der Waals surface area contributed by atoms with E-state index in [9.17, 15) is 9.59 Å². The van der Waals surface area contributed by atoms with Crippen LogP contribution in [0.2, 0.25) is 0 Å². The Morgan fingerprint density at radius 1 is 1.32 bits per heavy atom. The van der Waals surface area contributed by atoms with Crippen LogP contribution in [-0.2, 0) is 6.42 Å². The first kappa shape index (κ1) is 16.1. The minimum Gasteiger partial charge on any atom is -0.355 e. The number of rotatable bonds is 5. The molecule has 1 heterocycles. The topological polar surface area (TPSA) is 97.1 Å². The van der Waals surface area contributed by atoms with Gasteiger partial charge in [0.1, 0.15) is 5.69 Å². The van der Waals surface area contributed by atoms with Gasteiger partial charge in [0.15, 0.2) is 0 Å². The Morgan fingerprint density at radius 2 is 2.09 bits per heavy atom. The summed E-state index contributed by atoms with van der Waals surface area (Å²) in [7, 11) is 1.55. The molecule has 0 saturated carbocycles. The van der Waals surface area contributed by atoms with Crippen LogP contribution in [0.3, 0.4) is 0 Å². The number of hydrogen-bond acceptors (Lipinski definition) is 5. The van der Waals surface area contributed by atoms with E-state index in [2.05, 4.69) is 15.6 Å². The van der Waals surface area contributed by atoms with E-state index in [1.54, 1.807) is 24.6 Å². The molecular formula is C15H18N4O2S. The van der Waals surface area contributed by atoms with E-state index in [1.807, 2.05) is 13.0 Å². The van der Waals surface area contributed by atoms with E-state index in [0.29, 0.717) is 29.9 Å². The number of nitrogens with one attached hydrogen (secondary N) is 2. The average molecular weight is 318 g/mol. The van der Waals surface area contributed by atoms with Gasteiger partial charge < -0.3 is 16.4 Å². The van der Waals surface area contributed by atoms with Crippen molar-refractivity contribution in [3.05, 3.63) is 45.4 Å². The smallest absolute Gasteiger partial charge is 0.275 e. The van der Waals surface area contributed by atoms with Crippen molar-refractivity contribution in [3.8, 4) is 0 Å². The van der Waals surface area contributed by atoms with Crippen molar-refractivity contribution in [2.75, 3.05) is 18.9 Å². The molecule has 0 aliphatic carbocycles. The molecule has 0 saturated heterocycles. The number of amides is 2. The van der Waals surface area contributed by atoms with Gasteiger partial charge in [-0.05, 0) is 25.6 Å². The zero-order valence-electron chi connectivity index (χ0n) is 12.5. The zero-order chi connectivity index (χ0) is 16.1. The quantitative estimate of drug-likeness (QED) is 0.779. The maximum atomic E-state index is 12.2. The summed E-state index contributed by atoms with van der Waals surface area (Å²) in [6.07, 6.45) is 0.645.